The molecule has 0 radical (unpaired) electrons. The van der Waals surface area contributed by atoms with E-state index in [1.54, 1.807) is 35.2 Å². The highest BCUT2D eigenvalue weighted by Crippen LogP contribution is 2.11. The largest absolute Gasteiger partial charge is 0.338 e. The summed E-state index contributed by atoms with van der Waals surface area (Å²) in [7, 11) is -3.39. The molecule has 2 amide bonds. The lowest BCUT2D eigenvalue weighted by molar-refractivity contribution is 0.187. The molecule has 0 atom stereocenters. The Kier molecular flexibility index (Phi) is 11.2. The average Bonchev–Trinajstić information content (AvgIpc) is 2.68. The second-order valence-electron chi connectivity index (χ2n) is 7.24. The van der Waals surface area contributed by atoms with Crippen LogP contribution in [0.2, 0.25) is 0 Å². The number of sulfone groups is 1. The highest BCUT2D eigenvalue weighted by molar-refractivity contribution is 7.91. The third kappa shape index (κ3) is 8.61. The first-order valence-electron chi connectivity index (χ1n) is 10.4. The maximum Gasteiger partial charge on any atom is 0.317 e. The molecule has 0 aliphatic heterocycles. The monoisotopic (exact) mass is 411 g/mol. The molecule has 0 aromatic heterocycles. The second-order valence-corrected chi connectivity index (χ2v) is 9.35. The maximum absolute atomic E-state index is 12.5. The zero-order valence-corrected chi connectivity index (χ0v) is 18.7. The van der Waals surface area contributed by atoms with Crippen LogP contribution in [0.3, 0.4) is 0 Å². The lowest BCUT2D eigenvalue weighted by Gasteiger charge is -2.27. The van der Waals surface area contributed by atoms with Crippen LogP contribution in [0.15, 0.2) is 35.2 Å². The van der Waals surface area contributed by atoms with Gasteiger partial charge in [0.05, 0.1) is 10.6 Å². The summed E-state index contributed by atoms with van der Waals surface area (Å²) in [6.45, 7) is 12.2. The summed E-state index contributed by atoms with van der Waals surface area (Å²) in [5.41, 5.74) is 0. The Labute approximate surface area is 171 Å². The molecule has 6 nitrogen and oxygen atoms in total. The number of rotatable bonds is 13. The van der Waals surface area contributed by atoms with Crippen molar-refractivity contribution < 1.29 is 13.2 Å². The molecule has 28 heavy (non-hydrogen) atoms. The van der Waals surface area contributed by atoms with Crippen molar-refractivity contribution >= 4 is 15.9 Å². The molecule has 1 N–H and O–H groups in total. The van der Waals surface area contributed by atoms with E-state index in [0.717, 1.165) is 38.9 Å². The number of hydrogen-bond acceptors (Lipinski definition) is 4. The van der Waals surface area contributed by atoms with Crippen molar-refractivity contribution in [1.82, 2.24) is 15.1 Å². The van der Waals surface area contributed by atoms with Crippen LogP contribution in [-0.2, 0) is 9.84 Å². The van der Waals surface area contributed by atoms with E-state index in [1.165, 1.54) is 0 Å². The molecule has 160 valence electrons. The number of carbonyl (C=O) groups excluding carboxylic acids is 1. The van der Waals surface area contributed by atoms with E-state index < -0.39 is 9.84 Å². The second kappa shape index (κ2) is 12.8. The highest BCUT2D eigenvalue weighted by atomic mass is 32.2. The van der Waals surface area contributed by atoms with E-state index in [-0.39, 0.29) is 24.4 Å². The molecule has 0 spiro atoms. The average molecular weight is 412 g/mol. The van der Waals surface area contributed by atoms with Crippen molar-refractivity contribution in [2.75, 3.05) is 38.5 Å². The summed E-state index contributed by atoms with van der Waals surface area (Å²) >= 11 is 0. The van der Waals surface area contributed by atoms with Gasteiger partial charge in [0.2, 0.25) is 0 Å². The molecule has 0 fully saturated rings. The highest BCUT2D eigenvalue weighted by Gasteiger charge is 2.21. The third-order valence-electron chi connectivity index (χ3n) is 4.91. The molecule has 1 aromatic carbocycles. The Morgan fingerprint density at radius 2 is 1.64 bits per heavy atom. The van der Waals surface area contributed by atoms with Crippen LogP contribution >= 0.6 is 0 Å². The lowest BCUT2D eigenvalue weighted by atomic mass is 10.2. The molecule has 0 unspecified atom stereocenters. The first-order valence-corrected chi connectivity index (χ1v) is 12.0. The Balaban J connectivity index is 2.41. The third-order valence-corrected chi connectivity index (χ3v) is 6.62. The summed E-state index contributed by atoms with van der Waals surface area (Å²) in [5.74, 6) is -0.0769. The molecule has 7 heteroatoms. The number of nitrogens with zero attached hydrogens (tertiary/aromatic N) is 2. The summed E-state index contributed by atoms with van der Waals surface area (Å²) in [6, 6.07) is 8.13. The maximum atomic E-state index is 12.5. The Hall–Kier alpha value is -1.60. The first kappa shape index (κ1) is 24.4. The van der Waals surface area contributed by atoms with Crippen LogP contribution in [0.25, 0.3) is 0 Å². The Morgan fingerprint density at radius 1 is 1.00 bits per heavy atom. The van der Waals surface area contributed by atoms with Crippen LogP contribution in [-0.4, -0.2) is 68.8 Å². The van der Waals surface area contributed by atoms with Gasteiger partial charge in [-0.1, -0.05) is 38.5 Å². The van der Waals surface area contributed by atoms with Gasteiger partial charge in [-0.25, -0.2) is 13.2 Å². The van der Waals surface area contributed by atoms with Crippen molar-refractivity contribution in [3.8, 4) is 0 Å². The molecule has 0 saturated carbocycles. The SMILES string of the molecule is CCN(CC)CCCCCNC(=O)N(CCS(=O)(=O)c1ccccc1)C(C)C. The van der Waals surface area contributed by atoms with Gasteiger partial charge < -0.3 is 15.1 Å². The van der Waals surface area contributed by atoms with Crippen LogP contribution in [0, 0.1) is 0 Å². The van der Waals surface area contributed by atoms with Gasteiger partial charge >= 0.3 is 6.03 Å². The molecular weight excluding hydrogens is 374 g/mol. The fourth-order valence-electron chi connectivity index (χ4n) is 3.03. The zero-order valence-electron chi connectivity index (χ0n) is 17.9. The number of urea groups is 1. The normalized spacial score (nSPS) is 11.8. The molecule has 0 aliphatic carbocycles. The van der Waals surface area contributed by atoms with E-state index in [0.29, 0.717) is 11.4 Å². The van der Waals surface area contributed by atoms with E-state index in [2.05, 4.69) is 24.1 Å². The minimum Gasteiger partial charge on any atom is -0.338 e. The summed E-state index contributed by atoms with van der Waals surface area (Å²) in [5, 5.41) is 2.93. The predicted molar refractivity (Wildman–Crippen MR) is 115 cm³/mol. The number of amides is 2. The number of hydrogen-bond donors (Lipinski definition) is 1. The molecule has 0 bridgehead atoms. The Bertz CT molecular complexity index is 659. The van der Waals surface area contributed by atoms with Crippen LogP contribution in [0.4, 0.5) is 4.79 Å². The lowest BCUT2D eigenvalue weighted by Crippen LogP contribution is -2.46. The number of nitrogens with one attached hydrogen (secondary N) is 1. The van der Waals surface area contributed by atoms with Crippen molar-refractivity contribution in [3.05, 3.63) is 30.3 Å². The van der Waals surface area contributed by atoms with Crippen LogP contribution < -0.4 is 5.32 Å². The number of benzene rings is 1. The molecule has 0 heterocycles. The zero-order chi connectivity index (χ0) is 21.0. The predicted octanol–water partition coefficient (Wildman–Crippen LogP) is 3.39. The van der Waals surface area contributed by atoms with Gasteiger partial charge in [-0.05, 0) is 58.5 Å². The fourth-order valence-corrected chi connectivity index (χ4v) is 4.28. The van der Waals surface area contributed by atoms with Crippen molar-refractivity contribution in [3.63, 3.8) is 0 Å². The van der Waals surface area contributed by atoms with E-state index in [1.807, 2.05) is 13.8 Å². The van der Waals surface area contributed by atoms with Gasteiger partial charge in [-0.3, -0.25) is 0 Å². The van der Waals surface area contributed by atoms with Gasteiger partial charge in [0.15, 0.2) is 9.84 Å². The minimum absolute atomic E-state index is 0.0614. The summed E-state index contributed by atoms with van der Waals surface area (Å²) in [6.07, 6.45) is 3.13. The van der Waals surface area contributed by atoms with E-state index in [9.17, 15) is 13.2 Å². The molecule has 0 aliphatic rings. The number of carbonyl (C=O) groups is 1. The quantitative estimate of drug-likeness (QED) is 0.505. The first-order chi connectivity index (χ1) is 13.3. The van der Waals surface area contributed by atoms with Crippen molar-refractivity contribution in [2.24, 2.45) is 0 Å². The van der Waals surface area contributed by atoms with Crippen molar-refractivity contribution in [2.45, 2.75) is 57.9 Å². The van der Waals surface area contributed by atoms with Crippen molar-refractivity contribution in [1.29, 1.82) is 0 Å². The number of unbranched alkanes of at least 4 members (excludes halogenated alkanes) is 2. The molecule has 0 saturated heterocycles. The van der Waals surface area contributed by atoms with Gasteiger partial charge in [0, 0.05) is 19.1 Å². The van der Waals surface area contributed by atoms with Crippen LogP contribution in [0.5, 0.6) is 0 Å². The Morgan fingerprint density at radius 3 is 2.21 bits per heavy atom. The molecule has 1 aromatic rings. The molecule has 1 rings (SSSR count). The van der Waals surface area contributed by atoms with E-state index >= 15 is 0 Å². The minimum atomic E-state index is -3.39. The van der Waals surface area contributed by atoms with E-state index in [4.69, 9.17) is 0 Å². The van der Waals surface area contributed by atoms with Gasteiger partial charge in [0.25, 0.3) is 0 Å². The summed E-state index contributed by atoms with van der Waals surface area (Å²) in [4.78, 5) is 16.8. The summed E-state index contributed by atoms with van der Waals surface area (Å²) < 4.78 is 24.9. The fraction of sp³-hybridized carbons (Fsp3) is 0.667. The van der Waals surface area contributed by atoms with Gasteiger partial charge in [-0.15, -0.1) is 0 Å². The molecular formula is C21H37N3O3S. The van der Waals surface area contributed by atoms with Gasteiger partial charge in [-0.2, -0.15) is 0 Å². The van der Waals surface area contributed by atoms with Gasteiger partial charge in [0.1, 0.15) is 0 Å². The van der Waals surface area contributed by atoms with Crippen LogP contribution in [0.1, 0.15) is 47.0 Å². The topological polar surface area (TPSA) is 69.7 Å². The standard InChI is InChI=1S/C21H37N3O3S/c1-5-23(6-2)16-12-8-11-15-22-21(25)24(19(3)4)17-18-28(26,27)20-13-9-7-10-14-20/h7,9-10,13-14,19H,5-6,8,11-12,15-18H2,1-4H3,(H,22,25). The smallest absolute Gasteiger partial charge is 0.317 e.